The van der Waals surface area contributed by atoms with Gasteiger partial charge in [-0.05, 0) is 23.5 Å². The Morgan fingerprint density at radius 1 is 1.30 bits per heavy atom. The van der Waals surface area contributed by atoms with Gasteiger partial charge in [0.1, 0.15) is 0 Å². The van der Waals surface area contributed by atoms with Gasteiger partial charge in [-0.25, -0.2) is 0 Å². The van der Waals surface area contributed by atoms with Crippen molar-refractivity contribution in [1.29, 1.82) is 0 Å². The van der Waals surface area contributed by atoms with Gasteiger partial charge in [0.15, 0.2) is 0 Å². The minimum atomic E-state index is 0. The highest BCUT2D eigenvalue weighted by molar-refractivity contribution is 5.85. The van der Waals surface area contributed by atoms with E-state index >= 15 is 0 Å². The van der Waals surface area contributed by atoms with Gasteiger partial charge in [-0.3, -0.25) is 4.90 Å². The van der Waals surface area contributed by atoms with Crippen LogP contribution in [0.25, 0.3) is 0 Å². The summed E-state index contributed by atoms with van der Waals surface area (Å²) in [5, 5.41) is 0. The van der Waals surface area contributed by atoms with E-state index in [0.29, 0.717) is 6.04 Å². The predicted octanol–water partition coefficient (Wildman–Crippen LogP) is 2.73. The Morgan fingerprint density at radius 2 is 1.95 bits per heavy atom. The number of nitrogens with zero attached hydrogens (tertiary/aromatic N) is 2. The highest BCUT2D eigenvalue weighted by Gasteiger charge is 2.33. The minimum absolute atomic E-state index is 0. The van der Waals surface area contributed by atoms with Crippen LogP contribution < -0.4 is 10.6 Å². The summed E-state index contributed by atoms with van der Waals surface area (Å²) in [6, 6.07) is 8.98. The maximum atomic E-state index is 6.21. The van der Waals surface area contributed by atoms with Crippen molar-refractivity contribution in [2.75, 3.05) is 32.1 Å². The van der Waals surface area contributed by atoms with Crippen molar-refractivity contribution in [3.05, 3.63) is 29.8 Å². The summed E-state index contributed by atoms with van der Waals surface area (Å²) >= 11 is 0. The zero-order chi connectivity index (χ0) is 14.0. The summed E-state index contributed by atoms with van der Waals surface area (Å²) in [7, 11) is 4.21. The first-order valence-corrected chi connectivity index (χ1v) is 7.13. The second-order valence-electron chi connectivity index (χ2n) is 6.62. The van der Waals surface area contributed by atoms with Crippen molar-refractivity contribution in [3.63, 3.8) is 0 Å². The summed E-state index contributed by atoms with van der Waals surface area (Å²) in [4.78, 5) is 4.72. The van der Waals surface area contributed by atoms with E-state index in [9.17, 15) is 0 Å². The van der Waals surface area contributed by atoms with Crippen LogP contribution in [-0.4, -0.2) is 38.1 Å². The Bertz CT molecular complexity index is 431. The molecule has 1 aliphatic rings. The molecule has 4 heteroatoms. The van der Waals surface area contributed by atoms with Crippen LogP contribution in [0.5, 0.6) is 0 Å². The molecular weight excluding hydrogens is 270 g/mol. The number of piperidine rings is 1. The van der Waals surface area contributed by atoms with Crippen LogP contribution in [0.4, 0.5) is 5.69 Å². The van der Waals surface area contributed by atoms with E-state index < -0.39 is 0 Å². The largest absolute Gasteiger partial charge is 0.377 e. The summed E-state index contributed by atoms with van der Waals surface area (Å²) < 4.78 is 0. The molecule has 1 aromatic rings. The lowest BCUT2D eigenvalue weighted by Gasteiger charge is -2.43. The van der Waals surface area contributed by atoms with E-state index in [-0.39, 0.29) is 17.8 Å². The zero-order valence-corrected chi connectivity index (χ0v) is 13.9. The second-order valence-corrected chi connectivity index (χ2v) is 6.62. The molecule has 2 rings (SSSR count). The first-order chi connectivity index (χ1) is 8.90. The first-order valence-electron chi connectivity index (χ1n) is 7.13. The van der Waals surface area contributed by atoms with Crippen LogP contribution in [0, 0.1) is 5.41 Å². The van der Waals surface area contributed by atoms with E-state index in [1.54, 1.807) is 0 Å². The van der Waals surface area contributed by atoms with E-state index in [4.69, 9.17) is 5.73 Å². The fourth-order valence-electron chi connectivity index (χ4n) is 2.94. The Labute approximate surface area is 129 Å². The van der Waals surface area contributed by atoms with Crippen LogP contribution in [0.2, 0.25) is 0 Å². The number of hydrogen-bond donors (Lipinski definition) is 1. The monoisotopic (exact) mass is 297 g/mol. The molecule has 0 spiro atoms. The Balaban J connectivity index is 0.00000200. The molecular formula is C16H28ClN3. The number of anilines is 1. The zero-order valence-electron chi connectivity index (χ0n) is 13.1. The molecule has 0 radical (unpaired) electrons. The molecule has 1 aromatic carbocycles. The number of rotatable bonds is 3. The van der Waals surface area contributed by atoms with Gasteiger partial charge < -0.3 is 10.6 Å². The van der Waals surface area contributed by atoms with Gasteiger partial charge in [0.05, 0.1) is 0 Å². The van der Waals surface area contributed by atoms with Crippen LogP contribution in [0.3, 0.4) is 0 Å². The van der Waals surface area contributed by atoms with Gasteiger partial charge in [0.2, 0.25) is 0 Å². The van der Waals surface area contributed by atoms with Crippen LogP contribution in [0.15, 0.2) is 24.3 Å². The Hall–Kier alpha value is -0.770. The van der Waals surface area contributed by atoms with E-state index in [2.05, 4.69) is 62.0 Å². The average Bonchev–Trinajstić information content (AvgIpc) is 2.34. The number of hydrogen-bond acceptors (Lipinski definition) is 3. The molecule has 1 atom stereocenters. The number of benzene rings is 1. The van der Waals surface area contributed by atoms with E-state index in [0.717, 1.165) is 26.1 Å². The lowest BCUT2D eigenvalue weighted by Crippen LogP contribution is -2.52. The summed E-state index contributed by atoms with van der Waals surface area (Å²) in [5.41, 5.74) is 9.14. The predicted molar refractivity (Wildman–Crippen MR) is 89.7 cm³/mol. The van der Waals surface area contributed by atoms with Gasteiger partial charge >= 0.3 is 0 Å². The first kappa shape index (κ1) is 17.3. The summed E-state index contributed by atoms with van der Waals surface area (Å²) in [5.74, 6) is 0. The fourth-order valence-corrected chi connectivity index (χ4v) is 2.94. The minimum Gasteiger partial charge on any atom is -0.377 e. The maximum absolute atomic E-state index is 6.21. The lowest BCUT2D eigenvalue weighted by atomic mass is 9.79. The molecule has 1 heterocycles. The number of likely N-dealkylation sites (tertiary alicyclic amines) is 1. The third kappa shape index (κ3) is 3.87. The molecule has 0 bridgehead atoms. The van der Waals surface area contributed by atoms with Gasteiger partial charge in [-0.15, -0.1) is 12.4 Å². The van der Waals surface area contributed by atoms with Crippen LogP contribution in [-0.2, 0) is 6.54 Å². The molecule has 1 unspecified atom stereocenters. The van der Waals surface area contributed by atoms with Gasteiger partial charge in [0.25, 0.3) is 0 Å². The van der Waals surface area contributed by atoms with Crippen LogP contribution in [0.1, 0.15) is 25.8 Å². The molecule has 3 nitrogen and oxygen atoms in total. The second kappa shape index (κ2) is 6.79. The molecule has 114 valence electrons. The van der Waals surface area contributed by atoms with Crippen molar-refractivity contribution in [2.45, 2.75) is 32.9 Å². The Kier molecular flexibility index (Phi) is 5.87. The van der Waals surface area contributed by atoms with E-state index in [1.165, 1.54) is 11.3 Å². The average molecular weight is 298 g/mol. The standard InChI is InChI=1S/C16H27N3.ClH/c1-16(2)12-19(10-9-15(16)17)11-13-7-5-6-8-14(13)18(3)4;/h5-8,15H,9-12,17H2,1-4H3;1H. The lowest BCUT2D eigenvalue weighted by molar-refractivity contribution is 0.0900. The fraction of sp³-hybridized carbons (Fsp3) is 0.625. The molecule has 0 amide bonds. The number of halogens is 1. The topological polar surface area (TPSA) is 32.5 Å². The van der Waals surface area contributed by atoms with Gasteiger partial charge in [0, 0.05) is 45.5 Å². The van der Waals surface area contributed by atoms with Gasteiger partial charge in [-0.2, -0.15) is 0 Å². The van der Waals surface area contributed by atoms with Crippen molar-refractivity contribution in [1.82, 2.24) is 4.90 Å². The SMILES string of the molecule is CN(C)c1ccccc1CN1CCC(N)C(C)(C)C1.Cl. The smallest absolute Gasteiger partial charge is 0.0406 e. The third-order valence-electron chi connectivity index (χ3n) is 4.26. The molecule has 2 N–H and O–H groups in total. The molecule has 0 saturated carbocycles. The maximum Gasteiger partial charge on any atom is 0.0406 e. The number of nitrogens with two attached hydrogens (primary N) is 1. The van der Waals surface area contributed by atoms with Crippen molar-refractivity contribution >= 4 is 18.1 Å². The highest BCUT2D eigenvalue weighted by Crippen LogP contribution is 2.29. The summed E-state index contributed by atoms with van der Waals surface area (Å²) in [6.45, 7) is 7.76. The van der Waals surface area contributed by atoms with Gasteiger partial charge in [-0.1, -0.05) is 32.0 Å². The van der Waals surface area contributed by atoms with Crippen molar-refractivity contribution < 1.29 is 0 Å². The highest BCUT2D eigenvalue weighted by atomic mass is 35.5. The molecule has 0 aliphatic carbocycles. The normalized spacial score (nSPS) is 22.1. The molecule has 1 fully saturated rings. The molecule has 1 aliphatic heterocycles. The summed E-state index contributed by atoms with van der Waals surface area (Å²) in [6.07, 6.45) is 1.09. The van der Waals surface area contributed by atoms with Crippen molar-refractivity contribution in [3.8, 4) is 0 Å². The Morgan fingerprint density at radius 3 is 2.55 bits per heavy atom. The molecule has 20 heavy (non-hydrogen) atoms. The molecule has 0 aromatic heterocycles. The van der Waals surface area contributed by atoms with E-state index in [1.807, 2.05) is 0 Å². The van der Waals surface area contributed by atoms with Crippen LogP contribution >= 0.6 is 12.4 Å². The third-order valence-corrected chi connectivity index (χ3v) is 4.26. The van der Waals surface area contributed by atoms with Crippen molar-refractivity contribution in [2.24, 2.45) is 11.1 Å². The number of para-hydroxylation sites is 1. The molecule has 1 saturated heterocycles. The quantitative estimate of drug-likeness (QED) is 0.931.